The molecule has 5 rings (SSSR count). The molecule has 0 spiro atoms. The molecular formula is C30H33Cl2N3O5. The second-order valence-electron chi connectivity index (χ2n) is 12.2. The van der Waals surface area contributed by atoms with Gasteiger partial charge in [0.2, 0.25) is 5.91 Å². The van der Waals surface area contributed by atoms with Crippen LogP contribution in [-0.4, -0.2) is 45.4 Å². The molecule has 40 heavy (non-hydrogen) atoms. The van der Waals surface area contributed by atoms with Gasteiger partial charge in [-0.2, -0.15) is 0 Å². The minimum Gasteiger partial charge on any atom is -0.481 e. The predicted octanol–water partition coefficient (Wildman–Crippen LogP) is 5.47. The van der Waals surface area contributed by atoms with Crippen molar-refractivity contribution in [2.24, 2.45) is 11.3 Å². The Kier molecular flexibility index (Phi) is 7.16. The summed E-state index contributed by atoms with van der Waals surface area (Å²) < 4.78 is 0. The van der Waals surface area contributed by atoms with Gasteiger partial charge < -0.3 is 15.7 Å². The predicted molar refractivity (Wildman–Crippen MR) is 151 cm³/mol. The lowest BCUT2D eigenvalue weighted by atomic mass is 9.66. The summed E-state index contributed by atoms with van der Waals surface area (Å²) in [6, 6.07) is 13.5. The van der Waals surface area contributed by atoms with Gasteiger partial charge in [-0.1, -0.05) is 54.4 Å². The molecule has 212 valence electrons. The van der Waals surface area contributed by atoms with Crippen LogP contribution in [0.15, 0.2) is 48.5 Å². The summed E-state index contributed by atoms with van der Waals surface area (Å²) in [6.45, 7) is 5.03. The van der Waals surface area contributed by atoms with Gasteiger partial charge in [0.15, 0.2) is 0 Å². The topological polar surface area (TPSA) is 116 Å². The highest BCUT2D eigenvalue weighted by molar-refractivity contribution is 6.30. The monoisotopic (exact) mass is 585 g/mol. The number of imide groups is 1. The van der Waals surface area contributed by atoms with Gasteiger partial charge in [0, 0.05) is 22.0 Å². The molecule has 2 heterocycles. The molecule has 8 nitrogen and oxygen atoms in total. The van der Waals surface area contributed by atoms with E-state index in [9.17, 15) is 24.3 Å². The number of nitrogens with one attached hydrogen (secondary N) is 2. The summed E-state index contributed by atoms with van der Waals surface area (Å²) in [5.41, 5.74) is -1.69. The molecule has 2 saturated heterocycles. The Morgan fingerprint density at radius 2 is 1.73 bits per heavy atom. The third kappa shape index (κ3) is 4.96. The van der Waals surface area contributed by atoms with Crippen LogP contribution in [-0.2, 0) is 19.9 Å². The molecule has 0 radical (unpaired) electrons. The van der Waals surface area contributed by atoms with Gasteiger partial charge in [-0.15, -0.1) is 0 Å². The molecule has 2 aliphatic heterocycles. The normalized spacial score (nSPS) is 27.6. The Morgan fingerprint density at radius 3 is 2.27 bits per heavy atom. The van der Waals surface area contributed by atoms with Gasteiger partial charge >= 0.3 is 12.0 Å². The third-order valence-corrected chi connectivity index (χ3v) is 9.21. The zero-order valence-electron chi connectivity index (χ0n) is 22.7. The molecule has 4 amide bonds. The molecule has 1 saturated carbocycles. The number of hydrogen-bond donors (Lipinski definition) is 3. The van der Waals surface area contributed by atoms with Crippen molar-refractivity contribution in [3.05, 3.63) is 69.7 Å². The fourth-order valence-electron chi connectivity index (χ4n) is 6.60. The van der Waals surface area contributed by atoms with Gasteiger partial charge in [-0.25, -0.2) is 4.79 Å². The number of urea groups is 1. The van der Waals surface area contributed by atoms with Crippen molar-refractivity contribution in [3.63, 3.8) is 0 Å². The number of amides is 4. The number of rotatable bonds is 8. The van der Waals surface area contributed by atoms with Crippen LogP contribution in [0.5, 0.6) is 0 Å². The Hall–Kier alpha value is -3.10. The van der Waals surface area contributed by atoms with E-state index in [1.165, 1.54) is 4.90 Å². The summed E-state index contributed by atoms with van der Waals surface area (Å²) in [7, 11) is 0. The molecular weight excluding hydrogens is 553 g/mol. The molecule has 0 bridgehead atoms. The second kappa shape index (κ2) is 10.1. The highest BCUT2D eigenvalue weighted by atomic mass is 35.5. The first-order chi connectivity index (χ1) is 18.8. The van der Waals surface area contributed by atoms with Crippen molar-refractivity contribution in [3.8, 4) is 0 Å². The average Bonchev–Trinajstić information content (AvgIpc) is 3.68. The van der Waals surface area contributed by atoms with Crippen LogP contribution in [0.2, 0.25) is 10.0 Å². The van der Waals surface area contributed by atoms with Crippen molar-refractivity contribution in [1.29, 1.82) is 0 Å². The molecule has 1 aliphatic carbocycles. The van der Waals surface area contributed by atoms with Crippen molar-refractivity contribution in [1.82, 2.24) is 15.5 Å². The SMILES string of the molecule is CC1(CC(=O)O)CC(c2cccc(Cl)c2)C(CC(c2ccc(Cl)cc2)(C2CC2)N2C(=O)NC(C)(C)C2=O)NC1=O. The lowest BCUT2D eigenvalue weighted by Crippen LogP contribution is -2.60. The summed E-state index contributed by atoms with van der Waals surface area (Å²) in [4.78, 5) is 54.0. The molecule has 3 fully saturated rings. The van der Waals surface area contributed by atoms with E-state index in [-0.39, 0.29) is 42.9 Å². The molecule has 3 N–H and O–H groups in total. The quantitative estimate of drug-likeness (QED) is 0.355. The highest BCUT2D eigenvalue weighted by Crippen LogP contribution is 2.56. The van der Waals surface area contributed by atoms with Gasteiger partial charge in [-0.05, 0) is 80.8 Å². The van der Waals surface area contributed by atoms with E-state index in [1.54, 1.807) is 39.0 Å². The smallest absolute Gasteiger partial charge is 0.325 e. The van der Waals surface area contributed by atoms with Crippen LogP contribution in [0.1, 0.15) is 69.9 Å². The summed E-state index contributed by atoms with van der Waals surface area (Å²) in [6.07, 6.45) is 1.80. The van der Waals surface area contributed by atoms with E-state index >= 15 is 0 Å². The Balaban J connectivity index is 1.65. The molecule has 10 heteroatoms. The minimum atomic E-state index is -1.15. The zero-order chi connectivity index (χ0) is 29.0. The number of carboxylic acid groups (broad SMARTS) is 1. The van der Waals surface area contributed by atoms with Crippen LogP contribution < -0.4 is 10.6 Å². The molecule has 0 aromatic heterocycles. The van der Waals surface area contributed by atoms with Crippen LogP contribution in [0.3, 0.4) is 0 Å². The van der Waals surface area contributed by atoms with E-state index in [1.807, 2.05) is 30.3 Å². The molecule has 2 aromatic carbocycles. The number of aliphatic carboxylic acids is 1. The zero-order valence-corrected chi connectivity index (χ0v) is 24.2. The van der Waals surface area contributed by atoms with Crippen LogP contribution >= 0.6 is 23.2 Å². The number of carbonyl (C=O) groups is 4. The molecule has 4 atom stereocenters. The van der Waals surface area contributed by atoms with E-state index in [4.69, 9.17) is 23.2 Å². The number of hydrogen-bond acceptors (Lipinski definition) is 4. The maximum atomic E-state index is 13.8. The van der Waals surface area contributed by atoms with Crippen molar-refractivity contribution in [2.45, 2.75) is 75.9 Å². The standard InChI is InChI=1S/C30H33Cl2N3O5/c1-28(2)26(39)35(27(40)34-28)30(18-7-8-18,19-9-11-20(31)12-10-19)15-23-22(17-5-4-6-21(32)13-17)14-29(3,16-24(36)37)25(38)33-23/h4-6,9-13,18,22-23H,7-8,14-16H2,1-3H3,(H,33,38)(H,34,40)(H,36,37). The largest absolute Gasteiger partial charge is 0.481 e. The van der Waals surface area contributed by atoms with Gasteiger partial charge in [0.1, 0.15) is 5.54 Å². The number of carbonyl (C=O) groups excluding carboxylic acids is 3. The van der Waals surface area contributed by atoms with Crippen LogP contribution in [0.4, 0.5) is 4.79 Å². The minimum absolute atomic E-state index is 0.0264. The molecule has 4 unspecified atom stereocenters. The number of carboxylic acids is 1. The van der Waals surface area contributed by atoms with Crippen molar-refractivity contribution in [2.75, 3.05) is 0 Å². The number of nitrogens with zero attached hydrogens (tertiary/aromatic N) is 1. The number of piperidine rings is 1. The van der Waals surface area contributed by atoms with Crippen molar-refractivity contribution < 1.29 is 24.3 Å². The Morgan fingerprint density at radius 1 is 1.05 bits per heavy atom. The van der Waals surface area contributed by atoms with E-state index in [0.717, 1.165) is 24.0 Å². The summed E-state index contributed by atoms with van der Waals surface area (Å²) >= 11 is 12.6. The first-order valence-corrected chi connectivity index (χ1v) is 14.2. The first-order valence-electron chi connectivity index (χ1n) is 13.5. The van der Waals surface area contributed by atoms with E-state index in [0.29, 0.717) is 10.0 Å². The summed E-state index contributed by atoms with van der Waals surface area (Å²) in [5.74, 6) is -2.11. The first kappa shape index (κ1) is 28.4. The van der Waals surface area contributed by atoms with Gasteiger partial charge in [-0.3, -0.25) is 19.3 Å². The van der Waals surface area contributed by atoms with Gasteiger partial charge in [0.05, 0.1) is 17.4 Å². The van der Waals surface area contributed by atoms with Crippen molar-refractivity contribution >= 4 is 47.0 Å². The maximum absolute atomic E-state index is 13.8. The summed E-state index contributed by atoms with van der Waals surface area (Å²) in [5, 5.41) is 16.6. The van der Waals surface area contributed by atoms with Gasteiger partial charge in [0.25, 0.3) is 5.91 Å². The fraction of sp³-hybridized carbons (Fsp3) is 0.467. The lowest BCUT2D eigenvalue weighted by Gasteiger charge is -2.48. The Labute approximate surface area is 243 Å². The van der Waals surface area contributed by atoms with E-state index < -0.39 is 34.5 Å². The molecule has 2 aromatic rings. The average molecular weight is 587 g/mol. The number of benzene rings is 2. The lowest BCUT2D eigenvalue weighted by molar-refractivity contribution is -0.148. The van der Waals surface area contributed by atoms with Crippen LogP contribution in [0.25, 0.3) is 0 Å². The highest BCUT2D eigenvalue weighted by Gasteiger charge is 2.61. The van der Waals surface area contributed by atoms with Crippen LogP contribution in [0, 0.1) is 11.3 Å². The second-order valence-corrected chi connectivity index (χ2v) is 13.1. The fourth-order valence-corrected chi connectivity index (χ4v) is 6.92. The third-order valence-electron chi connectivity index (χ3n) is 8.73. The molecule has 3 aliphatic rings. The van der Waals surface area contributed by atoms with E-state index in [2.05, 4.69) is 10.6 Å². The Bertz CT molecular complexity index is 1380. The maximum Gasteiger partial charge on any atom is 0.325 e. The number of halogens is 2.